The Morgan fingerprint density at radius 3 is 2.58 bits per heavy atom. The first-order chi connectivity index (χ1) is 8.91. The van der Waals surface area contributed by atoms with E-state index in [0.29, 0.717) is 11.1 Å². The lowest BCUT2D eigenvalue weighted by Crippen LogP contribution is -2.27. The van der Waals surface area contributed by atoms with E-state index < -0.39 is 18.2 Å². The fourth-order valence-corrected chi connectivity index (χ4v) is 1.97. The van der Waals surface area contributed by atoms with Crippen molar-refractivity contribution in [2.24, 2.45) is 5.73 Å². The zero-order valence-corrected chi connectivity index (χ0v) is 10.2. The first kappa shape index (κ1) is 13.8. The fraction of sp³-hybridized carbons (Fsp3) is 0.417. The zero-order chi connectivity index (χ0) is 14.2. The van der Waals surface area contributed by atoms with Crippen molar-refractivity contribution in [2.75, 3.05) is 0 Å². The molecule has 2 rings (SSSR count). The highest BCUT2D eigenvalue weighted by atomic mass is 19.3. The quantitative estimate of drug-likeness (QED) is 0.872. The van der Waals surface area contributed by atoms with Gasteiger partial charge in [-0.05, 0) is 24.6 Å². The van der Waals surface area contributed by atoms with Gasteiger partial charge >= 0.3 is 12.3 Å². The summed E-state index contributed by atoms with van der Waals surface area (Å²) in [7, 11) is 0. The molecule has 1 aromatic heterocycles. The van der Waals surface area contributed by atoms with Crippen molar-refractivity contribution in [1.29, 1.82) is 0 Å². The van der Waals surface area contributed by atoms with Gasteiger partial charge in [-0.25, -0.2) is 13.8 Å². The summed E-state index contributed by atoms with van der Waals surface area (Å²) < 4.78 is 53.0. The molecule has 0 bridgehead atoms. The van der Waals surface area contributed by atoms with E-state index in [2.05, 4.69) is 4.98 Å². The van der Waals surface area contributed by atoms with Gasteiger partial charge in [-0.3, -0.25) is 0 Å². The molecule has 3 nitrogen and oxygen atoms in total. The van der Waals surface area contributed by atoms with Crippen molar-refractivity contribution < 1.29 is 17.6 Å². The minimum absolute atomic E-state index is 0.135. The Kier molecular flexibility index (Phi) is 3.49. The standard InChI is InChI=1S/C12H13F4N3/c1-2-19-9-4-3-7(6-17)5-8(9)18-11(19)12(15,16)10(13)14/h3-5,10H,2,6,17H2,1H3. The maximum absolute atomic E-state index is 13.5. The van der Waals surface area contributed by atoms with Gasteiger partial charge in [0.1, 0.15) is 0 Å². The average molecular weight is 275 g/mol. The highest BCUT2D eigenvalue weighted by molar-refractivity contribution is 5.77. The number of aromatic nitrogens is 2. The molecule has 1 aromatic carbocycles. The fourth-order valence-electron chi connectivity index (χ4n) is 1.97. The molecular weight excluding hydrogens is 262 g/mol. The lowest BCUT2D eigenvalue weighted by molar-refractivity contribution is -0.142. The summed E-state index contributed by atoms with van der Waals surface area (Å²) in [5, 5.41) is 0. The molecule has 0 aliphatic rings. The van der Waals surface area contributed by atoms with Crippen molar-refractivity contribution in [3.63, 3.8) is 0 Å². The van der Waals surface area contributed by atoms with Gasteiger partial charge in [0.15, 0.2) is 5.82 Å². The average Bonchev–Trinajstić information content (AvgIpc) is 2.76. The Balaban J connectivity index is 2.68. The van der Waals surface area contributed by atoms with Crippen LogP contribution in [0.15, 0.2) is 18.2 Å². The van der Waals surface area contributed by atoms with Crippen molar-refractivity contribution >= 4 is 11.0 Å². The molecule has 2 aromatic rings. The SMILES string of the molecule is CCn1c(C(F)(F)C(F)F)nc2cc(CN)ccc21. The number of fused-ring (bicyclic) bond motifs is 1. The summed E-state index contributed by atoms with van der Waals surface area (Å²) in [6.07, 6.45) is -3.79. The molecule has 0 aliphatic carbocycles. The number of imidazole rings is 1. The number of hydrogen-bond acceptors (Lipinski definition) is 2. The van der Waals surface area contributed by atoms with E-state index in [1.165, 1.54) is 6.07 Å². The molecule has 0 saturated heterocycles. The summed E-state index contributed by atoms with van der Waals surface area (Å²) >= 11 is 0. The number of nitrogens with two attached hydrogens (primary N) is 1. The maximum Gasteiger partial charge on any atom is 0.364 e. The second kappa shape index (κ2) is 4.80. The summed E-state index contributed by atoms with van der Waals surface area (Å²) in [6, 6.07) is 4.77. The van der Waals surface area contributed by atoms with Gasteiger partial charge in [0.05, 0.1) is 11.0 Å². The first-order valence-corrected chi connectivity index (χ1v) is 5.77. The van der Waals surface area contributed by atoms with Crippen LogP contribution in [-0.2, 0) is 19.0 Å². The monoisotopic (exact) mass is 275 g/mol. The molecule has 2 N–H and O–H groups in total. The third kappa shape index (κ3) is 2.18. The van der Waals surface area contributed by atoms with E-state index >= 15 is 0 Å². The summed E-state index contributed by atoms with van der Waals surface area (Å²) in [6.45, 7) is 1.97. The number of alkyl halides is 4. The number of benzene rings is 1. The Hall–Kier alpha value is -1.63. The van der Waals surface area contributed by atoms with Crippen LogP contribution in [0.5, 0.6) is 0 Å². The predicted molar refractivity (Wildman–Crippen MR) is 63.2 cm³/mol. The zero-order valence-electron chi connectivity index (χ0n) is 10.2. The van der Waals surface area contributed by atoms with Gasteiger partial charge in [0.25, 0.3) is 0 Å². The van der Waals surface area contributed by atoms with E-state index in [0.717, 1.165) is 4.57 Å². The van der Waals surface area contributed by atoms with E-state index in [4.69, 9.17) is 5.73 Å². The molecule has 0 radical (unpaired) electrons. The van der Waals surface area contributed by atoms with Crippen LogP contribution in [0, 0.1) is 0 Å². The molecule has 0 saturated carbocycles. The van der Waals surface area contributed by atoms with Crippen LogP contribution in [0.25, 0.3) is 11.0 Å². The van der Waals surface area contributed by atoms with E-state index in [1.807, 2.05) is 0 Å². The van der Waals surface area contributed by atoms with Crippen molar-refractivity contribution in [3.8, 4) is 0 Å². The van der Waals surface area contributed by atoms with Gasteiger partial charge < -0.3 is 10.3 Å². The van der Waals surface area contributed by atoms with Crippen LogP contribution >= 0.6 is 0 Å². The smallest absolute Gasteiger partial charge is 0.326 e. The first-order valence-electron chi connectivity index (χ1n) is 5.77. The molecule has 19 heavy (non-hydrogen) atoms. The second-order valence-corrected chi connectivity index (χ2v) is 4.13. The van der Waals surface area contributed by atoms with Crippen LogP contribution < -0.4 is 5.73 Å². The molecule has 0 aliphatic heterocycles. The Labute approximate surface area is 107 Å². The van der Waals surface area contributed by atoms with Crippen LogP contribution in [0.3, 0.4) is 0 Å². The molecule has 0 spiro atoms. The Morgan fingerprint density at radius 2 is 2.05 bits per heavy atom. The van der Waals surface area contributed by atoms with E-state index in [1.54, 1.807) is 19.1 Å². The van der Waals surface area contributed by atoms with E-state index in [9.17, 15) is 17.6 Å². The summed E-state index contributed by atoms with van der Waals surface area (Å²) in [5.41, 5.74) is 6.81. The Bertz CT molecular complexity index is 592. The largest absolute Gasteiger partial charge is 0.364 e. The molecule has 0 atom stereocenters. The summed E-state index contributed by atoms with van der Waals surface area (Å²) in [5.74, 6) is -5.17. The van der Waals surface area contributed by atoms with Crippen molar-refractivity contribution in [3.05, 3.63) is 29.6 Å². The van der Waals surface area contributed by atoms with Crippen LogP contribution in [-0.4, -0.2) is 16.0 Å². The molecule has 0 unspecified atom stereocenters. The van der Waals surface area contributed by atoms with Crippen LogP contribution in [0.1, 0.15) is 18.3 Å². The van der Waals surface area contributed by atoms with Gasteiger partial charge in [-0.15, -0.1) is 0 Å². The molecular formula is C12H13F4N3. The van der Waals surface area contributed by atoms with Crippen LogP contribution in [0.4, 0.5) is 17.6 Å². The normalized spacial score (nSPS) is 12.6. The third-order valence-corrected chi connectivity index (χ3v) is 2.94. The topological polar surface area (TPSA) is 43.8 Å². The molecule has 0 amide bonds. The molecule has 7 heteroatoms. The number of hydrogen-bond donors (Lipinski definition) is 1. The minimum atomic E-state index is -4.27. The minimum Gasteiger partial charge on any atom is -0.326 e. The number of rotatable bonds is 4. The van der Waals surface area contributed by atoms with Gasteiger partial charge in [-0.2, -0.15) is 8.78 Å². The van der Waals surface area contributed by atoms with Crippen LogP contribution in [0.2, 0.25) is 0 Å². The Morgan fingerprint density at radius 1 is 1.37 bits per heavy atom. The highest BCUT2D eigenvalue weighted by Gasteiger charge is 2.47. The van der Waals surface area contributed by atoms with Crippen molar-refractivity contribution in [1.82, 2.24) is 9.55 Å². The van der Waals surface area contributed by atoms with E-state index in [-0.39, 0.29) is 18.6 Å². The lowest BCUT2D eigenvalue weighted by atomic mass is 10.2. The molecule has 0 fully saturated rings. The predicted octanol–water partition coefficient (Wildman–Crippen LogP) is 2.87. The highest BCUT2D eigenvalue weighted by Crippen LogP contribution is 2.35. The number of halogens is 4. The third-order valence-electron chi connectivity index (χ3n) is 2.94. The maximum atomic E-state index is 13.5. The van der Waals surface area contributed by atoms with Gasteiger partial charge in [0, 0.05) is 13.1 Å². The summed E-state index contributed by atoms with van der Waals surface area (Å²) in [4.78, 5) is 3.66. The molecule has 104 valence electrons. The second-order valence-electron chi connectivity index (χ2n) is 4.13. The number of nitrogens with zero attached hydrogens (tertiary/aromatic N) is 2. The number of aryl methyl sites for hydroxylation is 1. The lowest BCUT2D eigenvalue weighted by Gasteiger charge is -2.15. The van der Waals surface area contributed by atoms with Gasteiger partial charge in [-0.1, -0.05) is 6.07 Å². The van der Waals surface area contributed by atoms with Crippen molar-refractivity contribution in [2.45, 2.75) is 32.4 Å². The van der Waals surface area contributed by atoms with Gasteiger partial charge in [0.2, 0.25) is 0 Å². The molecule has 1 heterocycles.